The van der Waals surface area contributed by atoms with E-state index >= 15 is 0 Å². The molecule has 3 nitrogen and oxygen atoms in total. The van der Waals surface area contributed by atoms with E-state index in [0.29, 0.717) is 0 Å². The van der Waals surface area contributed by atoms with Gasteiger partial charge < -0.3 is 15.1 Å². The summed E-state index contributed by atoms with van der Waals surface area (Å²) in [5.74, 6) is 0. The molecule has 0 saturated carbocycles. The molecular weight excluding hydrogens is 186 g/mol. The summed E-state index contributed by atoms with van der Waals surface area (Å²) in [5, 5.41) is 3.18. The predicted molar refractivity (Wildman–Crippen MR) is 68.4 cm³/mol. The monoisotopic (exact) mass is 215 g/mol. The SMILES string of the molecule is CNCCCCCCN(C)CCN(C)C. The molecule has 0 aromatic carbocycles. The Morgan fingerprint density at radius 3 is 2.07 bits per heavy atom. The van der Waals surface area contributed by atoms with Crippen LogP contribution in [-0.4, -0.2) is 64.2 Å². The molecule has 0 aliphatic rings. The highest BCUT2D eigenvalue weighted by atomic mass is 15.1. The first kappa shape index (κ1) is 14.9. The maximum absolute atomic E-state index is 3.18. The van der Waals surface area contributed by atoms with Crippen LogP contribution in [0.15, 0.2) is 0 Å². The topological polar surface area (TPSA) is 18.5 Å². The Labute approximate surface area is 95.8 Å². The van der Waals surface area contributed by atoms with Gasteiger partial charge in [-0.25, -0.2) is 0 Å². The van der Waals surface area contributed by atoms with Crippen molar-refractivity contribution in [3.8, 4) is 0 Å². The molecule has 0 amide bonds. The Hall–Kier alpha value is -0.120. The zero-order chi connectivity index (χ0) is 11.5. The molecule has 1 N–H and O–H groups in total. The predicted octanol–water partition coefficient (Wildman–Crippen LogP) is 1.26. The minimum absolute atomic E-state index is 1.16. The fraction of sp³-hybridized carbons (Fsp3) is 1.00. The van der Waals surface area contributed by atoms with Gasteiger partial charge in [0.25, 0.3) is 0 Å². The number of hydrogen-bond acceptors (Lipinski definition) is 3. The van der Waals surface area contributed by atoms with E-state index in [1.165, 1.54) is 38.8 Å². The van der Waals surface area contributed by atoms with Crippen LogP contribution in [0, 0.1) is 0 Å². The molecule has 15 heavy (non-hydrogen) atoms. The zero-order valence-corrected chi connectivity index (χ0v) is 11.1. The Morgan fingerprint density at radius 1 is 0.800 bits per heavy atom. The second kappa shape index (κ2) is 10.4. The third-order valence-electron chi connectivity index (χ3n) is 2.65. The van der Waals surface area contributed by atoms with Gasteiger partial charge >= 0.3 is 0 Å². The van der Waals surface area contributed by atoms with Crippen molar-refractivity contribution in [2.24, 2.45) is 0 Å². The normalized spacial score (nSPS) is 11.6. The van der Waals surface area contributed by atoms with Crippen molar-refractivity contribution >= 4 is 0 Å². The molecule has 0 radical (unpaired) electrons. The Kier molecular flexibility index (Phi) is 10.3. The molecule has 0 unspecified atom stereocenters. The average Bonchev–Trinajstić information content (AvgIpc) is 2.20. The molecule has 0 aromatic heterocycles. The highest BCUT2D eigenvalue weighted by Gasteiger charge is 1.98. The molecule has 0 spiro atoms. The fourth-order valence-corrected chi connectivity index (χ4v) is 1.52. The molecule has 0 aliphatic heterocycles. The van der Waals surface area contributed by atoms with Gasteiger partial charge in [0.05, 0.1) is 0 Å². The maximum atomic E-state index is 3.18. The summed E-state index contributed by atoms with van der Waals surface area (Å²) in [6.07, 6.45) is 5.39. The van der Waals surface area contributed by atoms with Gasteiger partial charge in [0.1, 0.15) is 0 Å². The number of nitrogens with one attached hydrogen (secondary N) is 1. The van der Waals surface area contributed by atoms with Gasteiger partial charge in [-0.2, -0.15) is 0 Å². The number of nitrogens with zero attached hydrogens (tertiary/aromatic N) is 2. The lowest BCUT2D eigenvalue weighted by atomic mass is 10.2. The van der Waals surface area contributed by atoms with Gasteiger partial charge in [0, 0.05) is 13.1 Å². The number of hydrogen-bond donors (Lipinski definition) is 1. The van der Waals surface area contributed by atoms with Gasteiger partial charge in [-0.3, -0.25) is 0 Å². The van der Waals surface area contributed by atoms with Crippen molar-refractivity contribution in [3.05, 3.63) is 0 Å². The van der Waals surface area contributed by atoms with Crippen molar-refractivity contribution in [2.45, 2.75) is 25.7 Å². The van der Waals surface area contributed by atoms with Crippen LogP contribution in [0.3, 0.4) is 0 Å². The van der Waals surface area contributed by atoms with Crippen LogP contribution in [0.1, 0.15) is 25.7 Å². The summed E-state index contributed by atoms with van der Waals surface area (Å²) < 4.78 is 0. The lowest BCUT2D eigenvalue weighted by Crippen LogP contribution is -2.29. The largest absolute Gasteiger partial charge is 0.320 e. The molecule has 0 atom stereocenters. The number of rotatable bonds is 10. The van der Waals surface area contributed by atoms with Crippen molar-refractivity contribution in [1.82, 2.24) is 15.1 Å². The summed E-state index contributed by atoms with van der Waals surface area (Å²) >= 11 is 0. The van der Waals surface area contributed by atoms with Crippen LogP contribution in [0.4, 0.5) is 0 Å². The second-order valence-corrected chi connectivity index (χ2v) is 4.62. The van der Waals surface area contributed by atoms with Gasteiger partial charge in [0.2, 0.25) is 0 Å². The van der Waals surface area contributed by atoms with Crippen LogP contribution in [-0.2, 0) is 0 Å². The number of likely N-dealkylation sites (N-methyl/N-ethyl adjacent to an activating group) is 2. The van der Waals surface area contributed by atoms with E-state index in [1.54, 1.807) is 0 Å². The quantitative estimate of drug-likeness (QED) is 0.554. The van der Waals surface area contributed by atoms with Gasteiger partial charge in [-0.1, -0.05) is 12.8 Å². The molecule has 0 rings (SSSR count). The highest BCUT2D eigenvalue weighted by molar-refractivity contribution is 4.55. The highest BCUT2D eigenvalue weighted by Crippen LogP contribution is 2.00. The third-order valence-corrected chi connectivity index (χ3v) is 2.65. The first-order valence-corrected chi connectivity index (χ1v) is 6.14. The summed E-state index contributed by atoms with van der Waals surface area (Å²) in [7, 11) is 8.50. The minimum atomic E-state index is 1.16. The van der Waals surface area contributed by atoms with E-state index in [2.05, 4.69) is 36.3 Å². The summed E-state index contributed by atoms with van der Waals surface area (Å²) in [4.78, 5) is 4.67. The van der Waals surface area contributed by atoms with E-state index in [0.717, 1.165) is 13.1 Å². The molecule has 92 valence electrons. The maximum Gasteiger partial charge on any atom is 0.0106 e. The molecule has 0 saturated heterocycles. The summed E-state index contributed by atoms with van der Waals surface area (Å²) in [6.45, 7) is 4.75. The lowest BCUT2D eigenvalue weighted by molar-refractivity contribution is 0.277. The molecule has 0 bridgehead atoms. The first-order chi connectivity index (χ1) is 7.16. The van der Waals surface area contributed by atoms with E-state index in [4.69, 9.17) is 0 Å². The van der Waals surface area contributed by atoms with E-state index < -0.39 is 0 Å². The first-order valence-electron chi connectivity index (χ1n) is 6.14. The van der Waals surface area contributed by atoms with Crippen LogP contribution in [0.2, 0.25) is 0 Å². The minimum Gasteiger partial charge on any atom is -0.320 e. The Balaban J connectivity index is 3.13. The van der Waals surface area contributed by atoms with Gasteiger partial charge in [0.15, 0.2) is 0 Å². The Morgan fingerprint density at radius 2 is 1.47 bits per heavy atom. The van der Waals surface area contributed by atoms with Crippen molar-refractivity contribution in [3.63, 3.8) is 0 Å². The molecule has 3 heteroatoms. The number of unbranched alkanes of at least 4 members (excludes halogenated alkanes) is 3. The van der Waals surface area contributed by atoms with Crippen LogP contribution in [0.5, 0.6) is 0 Å². The van der Waals surface area contributed by atoms with E-state index in [1.807, 2.05) is 7.05 Å². The molecule has 0 fully saturated rings. The standard InChI is InChI=1S/C12H29N3/c1-13-9-7-5-6-8-10-15(4)12-11-14(2)3/h13H,5-12H2,1-4H3. The molecule has 0 aliphatic carbocycles. The van der Waals surface area contributed by atoms with Crippen molar-refractivity contribution in [2.75, 3.05) is 54.4 Å². The van der Waals surface area contributed by atoms with Gasteiger partial charge in [-0.15, -0.1) is 0 Å². The molecule has 0 aromatic rings. The van der Waals surface area contributed by atoms with E-state index in [-0.39, 0.29) is 0 Å². The summed E-state index contributed by atoms with van der Waals surface area (Å²) in [5.41, 5.74) is 0. The molecular formula is C12H29N3. The van der Waals surface area contributed by atoms with Crippen LogP contribution >= 0.6 is 0 Å². The van der Waals surface area contributed by atoms with Crippen LogP contribution in [0.25, 0.3) is 0 Å². The van der Waals surface area contributed by atoms with Crippen LogP contribution < -0.4 is 5.32 Å². The zero-order valence-electron chi connectivity index (χ0n) is 11.1. The van der Waals surface area contributed by atoms with Crippen molar-refractivity contribution in [1.29, 1.82) is 0 Å². The Bertz CT molecular complexity index is 126. The fourth-order valence-electron chi connectivity index (χ4n) is 1.52. The van der Waals surface area contributed by atoms with E-state index in [9.17, 15) is 0 Å². The lowest BCUT2D eigenvalue weighted by Gasteiger charge is -2.19. The average molecular weight is 215 g/mol. The second-order valence-electron chi connectivity index (χ2n) is 4.62. The summed E-state index contributed by atoms with van der Waals surface area (Å²) in [6, 6.07) is 0. The molecule has 0 heterocycles. The smallest absolute Gasteiger partial charge is 0.0106 e. The third kappa shape index (κ3) is 11.8. The van der Waals surface area contributed by atoms with Gasteiger partial charge in [-0.05, 0) is 54.1 Å². The van der Waals surface area contributed by atoms with Crippen molar-refractivity contribution < 1.29 is 0 Å².